The number of nitrogens with one attached hydrogen (secondary N) is 1. The Kier molecular flexibility index (Phi) is 3.88. The first-order valence-corrected chi connectivity index (χ1v) is 6.74. The number of hydrogen-bond donors (Lipinski definition) is 1. The van der Waals surface area contributed by atoms with Gasteiger partial charge in [0, 0.05) is 32.2 Å². The zero-order chi connectivity index (χ0) is 11.6. The summed E-state index contributed by atoms with van der Waals surface area (Å²) in [5.41, 5.74) is 0.699. The van der Waals surface area contributed by atoms with E-state index < -0.39 is 0 Å². The first-order valence-electron chi connectivity index (χ1n) is 6.74. The Hall–Kier alpha value is -0.120. The normalized spacial score (nSPS) is 26.2. The average Bonchev–Trinajstić information content (AvgIpc) is 2.18. The minimum atomic E-state index is 0.624. The second kappa shape index (κ2) is 5.03. The minimum Gasteiger partial charge on any atom is -0.313 e. The summed E-state index contributed by atoms with van der Waals surface area (Å²) in [7, 11) is 2.25. The molecule has 3 nitrogen and oxygen atoms in total. The Bertz CT molecular complexity index is 211. The van der Waals surface area contributed by atoms with Gasteiger partial charge in [-0.3, -0.25) is 0 Å². The van der Waals surface area contributed by atoms with E-state index in [1.165, 1.54) is 45.6 Å². The average molecular weight is 225 g/mol. The first-order chi connectivity index (χ1) is 7.60. The van der Waals surface area contributed by atoms with Gasteiger partial charge in [-0.2, -0.15) is 0 Å². The summed E-state index contributed by atoms with van der Waals surface area (Å²) >= 11 is 0. The summed E-state index contributed by atoms with van der Waals surface area (Å²) in [6.45, 7) is 12.1. The van der Waals surface area contributed by atoms with E-state index in [4.69, 9.17) is 0 Å². The predicted molar refractivity (Wildman–Crippen MR) is 68.7 cm³/mol. The zero-order valence-corrected chi connectivity index (χ0v) is 11.1. The van der Waals surface area contributed by atoms with E-state index in [2.05, 4.69) is 36.0 Å². The summed E-state index contributed by atoms with van der Waals surface area (Å²) in [4.78, 5) is 5.08. The van der Waals surface area contributed by atoms with Crippen molar-refractivity contribution in [3.8, 4) is 0 Å². The lowest BCUT2D eigenvalue weighted by atomic mass is 9.72. The highest BCUT2D eigenvalue weighted by atomic mass is 15.2. The van der Waals surface area contributed by atoms with E-state index in [9.17, 15) is 0 Å². The van der Waals surface area contributed by atoms with Gasteiger partial charge in [0.05, 0.1) is 0 Å². The molecule has 2 aliphatic heterocycles. The van der Waals surface area contributed by atoms with Gasteiger partial charge < -0.3 is 15.1 Å². The highest BCUT2D eigenvalue weighted by molar-refractivity contribution is 4.97. The first kappa shape index (κ1) is 12.3. The fourth-order valence-corrected chi connectivity index (χ4v) is 2.98. The Morgan fingerprint density at radius 1 is 1.19 bits per heavy atom. The molecule has 2 rings (SSSR count). The van der Waals surface area contributed by atoms with Gasteiger partial charge >= 0.3 is 0 Å². The molecule has 94 valence electrons. The van der Waals surface area contributed by atoms with Gasteiger partial charge in [-0.15, -0.1) is 0 Å². The Morgan fingerprint density at radius 2 is 1.81 bits per heavy atom. The second-order valence-corrected chi connectivity index (χ2v) is 6.12. The third-order valence-corrected chi connectivity index (χ3v) is 4.15. The van der Waals surface area contributed by atoms with Crippen LogP contribution in [-0.2, 0) is 0 Å². The van der Waals surface area contributed by atoms with Crippen molar-refractivity contribution < 1.29 is 0 Å². The monoisotopic (exact) mass is 225 g/mol. The lowest BCUT2D eigenvalue weighted by Gasteiger charge is -2.54. The van der Waals surface area contributed by atoms with Gasteiger partial charge in [-0.05, 0) is 38.4 Å². The second-order valence-electron chi connectivity index (χ2n) is 6.12. The summed E-state index contributed by atoms with van der Waals surface area (Å²) in [6, 6.07) is 0.624. The van der Waals surface area contributed by atoms with Crippen molar-refractivity contribution >= 4 is 0 Å². The number of hydrogen-bond acceptors (Lipinski definition) is 3. The van der Waals surface area contributed by atoms with Gasteiger partial charge in [-0.25, -0.2) is 0 Å². The van der Waals surface area contributed by atoms with E-state index in [-0.39, 0.29) is 0 Å². The van der Waals surface area contributed by atoms with Crippen molar-refractivity contribution in [2.75, 3.05) is 46.3 Å². The molecule has 0 aromatic rings. The van der Waals surface area contributed by atoms with Crippen LogP contribution >= 0.6 is 0 Å². The quantitative estimate of drug-likeness (QED) is 0.770. The van der Waals surface area contributed by atoms with Crippen LogP contribution in [0.15, 0.2) is 0 Å². The molecule has 0 saturated carbocycles. The largest absolute Gasteiger partial charge is 0.313 e. The van der Waals surface area contributed by atoms with Crippen molar-refractivity contribution in [1.29, 1.82) is 0 Å². The topological polar surface area (TPSA) is 18.5 Å². The van der Waals surface area contributed by atoms with Crippen LogP contribution < -0.4 is 5.32 Å². The van der Waals surface area contributed by atoms with E-state index in [1.54, 1.807) is 0 Å². The molecule has 1 N–H and O–H groups in total. The molecule has 0 aromatic heterocycles. The van der Waals surface area contributed by atoms with Crippen molar-refractivity contribution in [1.82, 2.24) is 15.1 Å². The van der Waals surface area contributed by atoms with E-state index in [0.29, 0.717) is 11.5 Å². The van der Waals surface area contributed by atoms with E-state index >= 15 is 0 Å². The van der Waals surface area contributed by atoms with Gasteiger partial charge in [0.1, 0.15) is 0 Å². The van der Waals surface area contributed by atoms with Crippen LogP contribution in [0.4, 0.5) is 0 Å². The van der Waals surface area contributed by atoms with Crippen molar-refractivity contribution in [3.05, 3.63) is 0 Å². The van der Waals surface area contributed by atoms with Crippen LogP contribution in [0.2, 0.25) is 0 Å². The van der Waals surface area contributed by atoms with Crippen LogP contribution in [0.5, 0.6) is 0 Å². The van der Waals surface area contributed by atoms with Crippen LogP contribution in [-0.4, -0.2) is 62.2 Å². The smallest absolute Gasteiger partial charge is 0.0107 e. The Morgan fingerprint density at radius 3 is 2.38 bits per heavy atom. The summed E-state index contributed by atoms with van der Waals surface area (Å²) < 4.78 is 0. The van der Waals surface area contributed by atoms with Crippen molar-refractivity contribution in [3.63, 3.8) is 0 Å². The minimum absolute atomic E-state index is 0.624. The molecule has 2 saturated heterocycles. The highest BCUT2D eigenvalue weighted by Gasteiger charge is 2.43. The molecule has 0 bridgehead atoms. The summed E-state index contributed by atoms with van der Waals surface area (Å²) in [6.07, 6.45) is 2.83. The molecule has 16 heavy (non-hydrogen) atoms. The summed E-state index contributed by atoms with van der Waals surface area (Å²) in [5, 5.41) is 3.49. The maximum Gasteiger partial charge on any atom is 0.0107 e. The Labute approximate surface area is 100 Å². The molecule has 0 radical (unpaired) electrons. The van der Waals surface area contributed by atoms with Gasteiger partial charge in [0.25, 0.3) is 0 Å². The maximum atomic E-state index is 3.49. The zero-order valence-electron chi connectivity index (χ0n) is 11.1. The number of rotatable bonds is 4. The third-order valence-electron chi connectivity index (χ3n) is 4.15. The molecular weight excluding hydrogens is 198 g/mol. The highest BCUT2D eigenvalue weighted by Crippen LogP contribution is 2.39. The molecule has 2 heterocycles. The maximum absolute atomic E-state index is 3.49. The van der Waals surface area contributed by atoms with Gasteiger partial charge in [0.2, 0.25) is 0 Å². The lowest BCUT2D eigenvalue weighted by molar-refractivity contribution is -0.0413. The lowest BCUT2D eigenvalue weighted by Crippen LogP contribution is -2.60. The van der Waals surface area contributed by atoms with Crippen molar-refractivity contribution in [2.45, 2.75) is 32.7 Å². The van der Waals surface area contributed by atoms with Crippen LogP contribution in [0.3, 0.4) is 0 Å². The molecule has 3 heteroatoms. The summed E-state index contributed by atoms with van der Waals surface area (Å²) in [5.74, 6) is 0. The van der Waals surface area contributed by atoms with Crippen LogP contribution in [0.25, 0.3) is 0 Å². The van der Waals surface area contributed by atoms with Gasteiger partial charge in [-0.1, -0.05) is 13.8 Å². The van der Waals surface area contributed by atoms with Crippen LogP contribution in [0, 0.1) is 5.41 Å². The molecule has 2 aliphatic rings. The van der Waals surface area contributed by atoms with Crippen molar-refractivity contribution in [2.24, 2.45) is 5.41 Å². The standard InChI is InChI=1S/C13H27N3/c1-12(2)14-6-9-16-10-13(11-16)4-7-15(3)8-5-13/h12,14H,4-11H2,1-3H3. The van der Waals surface area contributed by atoms with Gasteiger partial charge in [0.15, 0.2) is 0 Å². The number of likely N-dealkylation sites (tertiary alicyclic amines) is 2. The number of nitrogens with zero attached hydrogens (tertiary/aromatic N) is 2. The van der Waals surface area contributed by atoms with E-state index in [0.717, 1.165) is 6.54 Å². The molecule has 0 aliphatic carbocycles. The molecule has 0 amide bonds. The van der Waals surface area contributed by atoms with Crippen LogP contribution in [0.1, 0.15) is 26.7 Å². The predicted octanol–water partition coefficient (Wildman–Crippen LogP) is 1.01. The molecule has 0 unspecified atom stereocenters. The van der Waals surface area contributed by atoms with E-state index in [1.807, 2.05) is 0 Å². The fraction of sp³-hybridized carbons (Fsp3) is 1.00. The molecular formula is C13H27N3. The third kappa shape index (κ3) is 2.96. The Balaban J connectivity index is 1.62. The SMILES string of the molecule is CC(C)NCCN1CC2(CCN(C)CC2)C1. The number of piperidine rings is 1. The molecule has 2 fully saturated rings. The molecule has 0 atom stereocenters. The fourth-order valence-electron chi connectivity index (χ4n) is 2.98. The molecule has 1 spiro atoms. The molecule has 0 aromatic carbocycles.